The number of carboxylic acid groups (broad SMARTS) is 1. The normalized spacial score (nSPS) is 11.2. The van der Waals surface area contributed by atoms with Crippen LogP contribution in [0.2, 0.25) is 0 Å². The van der Waals surface area contributed by atoms with Gasteiger partial charge in [-0.25, -0.2) is 69.2 Å². The van der Waals surface area contributed by atoms with E-state index in [0.29, 0.717) is 57.0 Å². The highest BCUT2D eigenvalue weighted by atomic mass is 19.4. The number of para-hydroxylation sites is 10. The van der Waals surface area contributed by atoms with E-state index < -0.39 is 118 Å². The van der Waals surface area contributed by atoms with Crippen LogP contribution in [0.15, 0.2) is 315 Å². The first-order valence-corrected chi connectivity index (χ1v) is 41.6. The summed E-state index contributed by atoms with van der Waals surface area (Å²) in [5.74, 6) is -15.6. The molecule has 0 saturated heterocycles. The largest absolute Gasteiger partial charge is 0.478 e. The maximum absolute atomic E-state index is 14.0. The van der Waals surface area contributed by atoms with Crippen LogP contribution in [0.3, 0.4) is 0 Å². The van der Waals surface area contributed by atoms with E-state index in [9.17, 15) is 130 Å². The Labute approximate surface area is 821 Å². The van der Waals surface area contributed by atoms with Crippen molar-refractivity contribution in [3.05, 3.63) is 436 Å². The van der Waals surface area contributed by atoms with Gasteiger partial charge in [-0.1, -0.05) is 124 Å². The third-order valence-corrected chi connectivity index (χ3v) is 20.3. The molecule has 14 aromatic carbocycles. The van der Waals surface area contributed by atoms with Crippen molar-refractivity contribution in [2.45, 2.75) is 52.2 Å². The SMILES string of the molecule is C.C.FC(F)(F)c1nc2ccccc2[nH]1.N#C/C(=C\c1ccc(-n2c(C(F)(F)F)nc3ccccc32)cc1)c1cccc(F)c1F.N#CCc1cccc(F)c1F.Nc1cccc(F)c1F.O=C(Nc1cccc(F)c1F)c1ccc(-n2c(C(F)(F)F)nc3ccccc32)cc1.O=C(O)c1ccc(-n2c(C(F)(F)F)nc3ccccc32)cc1.O=Cc1ccc(-n2c(C(F)(F)F)nc3ccccc32)cc1.O=Cc1ccc(F)cc1. The lowest BCUT2D eigenvalue weighted by atomic mass is 10.0. The number of amides is 1. The highest BCUT2D eigenvalue weighted by Gasteiger charge is 2.42. The smallest absolute Gasteiger partial charge is 0.450 e. The van der Waals surface area contributed by atoms with Crippen molar-refractivity contribution >= 4 is 103 Å². The lowest BCUT2D eigenvalue weighted by molar-refractivity contribution is -0.146. The Morgan fingerprint density at radius 3 is 1.07 bits per heavy atom. The van der Waals surface area contributed by atoms with E-state index in [4.69, 9.17) is 16.1 Å². The number of benzene rings is 14. The number of rotatable bonds is 12. The number of aromatic carboxylic acids is 1. The quantitative estimate of drug-likeness (QED) is 0.0292. The molecule has 0 aliphatic carbocycles. The summed E-state index contributed by atoms with van der Waals surface area (Å²) in [5.41, 5.74) is 9.34. The zero-order chi connectivity index (χ0) is 106. The van der Waals surface area contributed by atoms with Crippen LogP contribution >= 0.6 is 0 Å². The maximum Gasteiger partial charge on any atom is 0.450 e. The molecule has 19 rings (SSSR count). The second-order valence-electron chi connectivity index (χ2n) is 30.0. The van der Waals surface area contributed by atoms with E-state index in [1.807, 2.05) is 6.07 Å². The average molecular weight is 2060 g/mol. The van der Waals surface area contributed by atoms with Crippen LogP contribution in [0.1, 0.15) is 102 Å². The predicted octanol–water partition coefficient (Wildman–Crippen LogP) is 28.6. The number of fused-ring (bicyclic) bond motifs is 5. The molecule has 0 aliphatic rings. The van der Waals surface area contributed by atoms with Gasteiger partial charge in [-0.2, -0.15) is 76.4 Å². The molecule has 0 unspecified atom stereocenters. The van der Waals surface area contributed by atoms with Gasteiger partial charge >= 0.3 is 36.9 Å². The van der Waals surface area contributed by atoms with Crippen LogP contribution in [0, 0.1) is 75.0 Å². The Bertz CT molecular complexity index is 7990. The number of aldehydes is 2. The van der Waals surface area contributed by atoms with Crippen LogP contribution in [0.5, 0.6) is 0 Å². The van der Waals surface area contributed by atoms with E-state index in [-0.39, 0.29) is 116 Å². The summed E-state index contributed by atoms with van der Waals surface area (Å²) >= 11 is 0. The van der Waals surface area contributed by atoms with Crippen LogP contribution in [0.4, 0.5) is 117 Å². The zero-order valence-corrected chi connectivity index (χ0v) is 73.6. The first-order valence-electron chi connectivity index (χ1n) is 41.6. The van der Waals surface area contributed by atoms with Crippen LogP contribution in [-0.4, -0.2) is 77.7 Å². The van der Waals surface area contributed by atoms with Gasteiger partial charge in [0.1, 0.15) is 18.4 Å². The molecule has 5 N–H and O–H groups in total. The van der Waals surface area contributed by atoms with Gasteiger partial charge in [0.15, 0.2) is 46.5 Å². The van der Waals surface area contributed by atoms with Crippen molar-refractivity contribution in [3.8, 4) is 34.9 Å². The van der Waals surface area contributed by atoms with Gasteiger partial charge in [-0.3, -0.25) is 32.7 Å². The van der Waals surface area contributed by atoms with Gasteiger partial charge in [0.2, 0.25) is 29.1 Å². The summed E-state index contributed by atoms with van der Waals surface area (Å²) in [6.45, 7) is 0. The van der Waals surface area contributed by atoms with E-state index in [2.05, 4.69) is 35.2 Å². The predicted molar refractivity (Wildman–Crippen MR) is 504 cm³/mol. The fraction of sp³-hybridized carbons (Fsp3) is 0.0762. The number of alkyl halides is 15. The molecule has 19 nitrogen and oxygen atoms in total. The zero-order valence-electron chi connectivity index (χ0n) is 73.6. The van der Waals surface area contributed by atoms with Crippen molar-refractivity contribution in [2.75, 3.05) is 11.1 Å². The topological polar surface area (TPSA) is 274 Å². The highest BCUT2D eigenvalue weighted by Crippen LogP contribution is 2.40. The lowest BCUT2D eigenvalue weighted by Gasteiger charge is -2.12. The standard InChI is InChI=1S/C23H12F5N3.C21H12F5N3O.C15H9F3N2O2.C15H9F3N2O.C8H5F3N2.C8H5F2N.C7H5FO.C6H5F2N.2CH4/c24-18-5-3-4-17(21(18)25)15(13-29)12-14-8-10-16(11-9-14)31-20-7-2-1-6-19(20)30-22(31)23(26,27)28;22-14-4-3-6-16(18(14)23)27-19(30)12-8-10-13(11-9-12)29-17-7-2-1-5-15(17)28-20(29)21(24,25)26;16-15(17,18)14-19-11-3-1-2-4-12(11)20(14)10-7-5-9(6-8-10)13(21)22;16-15(17,18)14-19-12-3-1-2-4-13(12)20(14)11-7-5-10(9-21)6-8-11;9-8(10,11)7-12-5-3-1-2-4-6(5)13-7;9-7-3-1-2-6(4-5-11)8(7)10;8-7-3-1-6(5-9)2-4-7;7-4-2-1-3-5(9)6(4)8;;/h1-12H;1-11H,(H,27,30);1-8H,(H,21,22);1-9H;1-4H,(H,12,13);1-3H,4H2;1-5H;1-3H,9H2;2*1H4/b15-12+;;;;;;;;;. The molecule has 0 spiro atoms. The van der Waals surface area contributed by atoms with Crippen molar-refractivity contribution in [1.82, 2.24) is 48.2 Å². The second-order valence-corrected chi connectivity index (χ2v) is 30.0. The Morgan fingerprint density at radius 1 is 0.365 bits per heavy atom. The van der Waals surface area contributed by atoms with Crippen molar-refractivity contribution in [2.24, 2.45) is 0 Å². The summed E-state index contributed by atoms with van der Waals surface area (Å²) in [5, 5.41) is 28.7. The average Bonchev–Trinajstić information content (AvgIpc) is 1.62. The summed E-state index contributed by atoms with van der Waals surface area (Å²) in [7, 11) is 0. The summed E-state index contributed by atoms with van der Waals surface area (Å²) in [4.78, 5) is 64.1. The Kier molecular flexibility index (Phi) is 36.2. The maximum atomic E-state index is 14.0. The molecule has 0 aliphatic heterocycles. The molecule has 0 radical (unpaired) electrons. The fourth-order valence-electron chi connectivity index (χ4n) is 13.6. The number of carbonyl (C=O) groups excluding carboxylic acids is 3. The van der Waals surface area contributed by atoms with E-state index in [1.54, 1.807) is 78.9 Å². The van der Waals surface area contributed by atoms with Crippen LogP contribution < -0.4 is 11.1 Å². The number of nitrogens with zero attached hydrogens (tertiary/aromatic N) is 11. The Hall–Kier alpha value is -18.5. The number of halogens is 24. The minimum Gasteiger partial charge on any atom is -0.478 e. The molecular weight excluding hydrogens is 1990 g/mol. The van der Waals surface area contributed by atoms with Crippen molar-refractivity contribution in [3.63, 3.8) is 0 Å². The number of aromatic nitrogens is 10. The van der Waals surface area contributed by atoms with Gasteiger partial charge in [0.05, 0.1) is 96.2 Å². The van der Waals surface area contributed by atoms with Gasteiger partial charge in [-0.15, -0.1) is 0 Å². The first kappa shape index (κ1) is 112. The first-order chi connectivity index (χ1) is 69.3. The number of carbonyl (C=O) groups is 4. The number of nitrogen functional groups attached to an aromatic ring is 1. The van der Waals surface area contributed by atoms with Crippen LogP contribution in [-0.2, 0) is 37.3 Å². The summed E-state index contributed by atoms with van der Waals surface area (Å²) in [6, 6.07) is 76.7. The van der Waals surface area contributed by atoms with Gasteiger partial charge < -0.3 is 21.1 Å². The number of carboxylic acids is 1. The molecular formula is C105H70F24N14O5. The molecule has 1 amide bonds. The number of hydrogen-bond acceptors (Lipinski definition) is 12. The van der Waals surface area contributed by atoms with E-state index >= 15 is 0 Å². The Balaban J connectivity index is 0.000000179. The molecule has 5 heterocycles. The van der Waals surface area contributed by atoms with E-state index in [1.165, 1.54) is 224 Å². The third kappa shape index (κ3) is 27.3. The summed E-state index contributed by atoms with van der Waals surface area (Å²) < 4.78 is 317. The number of aromatic amines is 1. The number of hydrogen-bond donors (Lipinski definition) is 4. The van der Waals surface area contributed by atoms with Crippen molar-refractivity contribution < 1.29 is 130 Å². The second kappa shape index (κ2) is 48.1. The summed E-state index contributed by atoms with van der Waals surface area (Å²) in [6.07, 6.45) is -20.4. The monoisotopic (exact) mass is 2060 g/mol. The molecule has 148 heavy (non-hydrogen) atoms. The molecule has 43 heteroatoms. The molecule has 5 aromatic heterocycles. The van der Waals surface area contributed by atoms with Crippen LogP contribution in [0.25, 0.3) is 89.6 Å². The number of nitriles is 2. The number of H-pyrrole nitrogens is 1. The van der Waals surface area contributed by atoms with Gasteiger partial charge in [0.25, 0.3) is 5.91 Å². The molecule has 0 saturated carbocycles. The third-order valence-electron chi connectivity index (χ3n) is 20.3. The minimum absolute atomic E-state index is 0. The van der Waals surface area contributed by atoms with Gasteiger partial charge in [0, 0.05) is 50.6 Å². The highest BCUT2D eigenvalue weighted by molar-refractivity contribution is 6.04. The molecule has 758 valence electrons. The number of imidazole rings is 5. The number of nitrogens with one attached hydrogen (secondary N) is 2. The number of allylic oxidation sites excluding steroid dienone is 1. The fourth-order valence-corrected chi connectivity index (χ4v) is 13.6. The molecule has 0 bridgehead atoms. The van der Waals surface area contributed by atoms with Crippen molar-refractivity contribution in [1.29, 1.82) is 10.5 Å². The molecule has 0 atom stereocenters. The molecule has 0 fully saturated rings. The Morgan fingerprint density at radius 2 is 0.703 bits per heavy atom. The number of nitrogens with two attached hydrogens (primary N) is 1. The molecule has 19 aromatic rings. The number of anilines is 2. The van der Waals surface area contributed by atoms with Gasteiger partial charge in [-0.05, 0) is 218 Å². The minimum atomic E-state index is -4.69. The lowest BCUT2D eigenvalue weighted by Crippen LogP contribution is -2.15. The van der Waals surface area contributed by atoms with E-state index in [0.717, 1.165) is 42.5 Å².